The average molecular weight is 538 g/mol. The van der Waals surface area contributed by atoms with E-state index >= 15 is 0 Å². The van der Waals surface area contributed by atoms with E-state index in [9.17, 15) is 8.42 Å². The van der Waals surface area contributed by atoms with E-state index in [1.165, 1.54) is 6.42 Å². The lowest BCUT2D eigenvalue weighted by atomic mass is 9.86. The highest BCUT2D eigenvalue weighted by Gasteiger charge is 2.20. The molecule has 1 aliphatic rings. The summed E-state index contributed by atoms with van der Waals surface area (Å²) in [5.41, 5.74) is 2.19. The Hall–Kier alpha value is -1.07. The van der Waals surface area contributed by atoms with Gasteiger partial charge < -0.3 is 15.4 Å². The van der Waals surface area contributed by atoms with Gasteiger partial charge >= 0.3 is 0 Å². The molecule has 1 aromatic rings. The Labute approximate surface area is 192 Å². The van der Waals surface area contributed by atoms with Crippen LogP contribution in [0.25, 0.3) is 0 Å². The summed E-state index contributed by atoms with van der Waals surface area (Å²) in [4.78, 5) is 4.17. The van der Waals surface area contributed by atoms with Gasteiger partial charge in [-0.3, -0.25) is 4.99 Å². The van der Waals surface area contributed by atoms with Crippen molar-refractivity contribution in [1.82, 2.24) is 15.4 Å². The predicted octanol–water partition coefficient (Wildman–Crippen LogP) is 2.79. The van der Waals surface area contributed by atoms with Crippen molar-refractivity contribution in [2.75, 3.05) is 32.5 Å². The first-order valence-electron chi connectivity index (χ1n) is 10.1. The van der Waals surface area contributed by atoms with E-state index < -0.39 is 10.0 Å². The van der Waals surface area contributed by atoms with Gasteiger partial charge in [-0.15, -0.1) is 24.0 Å². The van der Waals surface area contributed by atoms with Gasteiger partial charge in [-0.05, 0) is 43.7 Å². The molecule has 1 aromatic carbocycles. The Kier molecular flexibility index (Phi) is 11.9. The molecule has 29 heavy (non-hydrogen) atoms. The van der Waals surface area contributed by atoms with Crippen molar-refractivity contribution in [3.63, 3.8) is 0 Å². The molecule has 0 heterocycles. The lowest BCUT2D eigenvalue weighted by Crippen LogP contribution is -2.41. The van der Waals surface area contributed by atoms with E-state index in [2.05, 4.69) is 27.3 Å². The van der Waals surface area contributed by atoms with E-state index in [-0.39, 0.29) is 29.7 Å². The fraction of sp³-hybridized carbons (Fsp3) is 0.650. The Balaban J connectivity index is 0.00000420. The number of sulfonamides is 1. The first-order valence-corrected chi connectivity index (χ1v) is 11.7. The number of benzene rings is 1. The second kappa shape index (κ2) is 13.3. The molecule has 0 aliphatic heterocycles. The van der Waals surface area contributed by atoms with Gasteiger partial charge in [0.05, 0.1) is 12.4 Å². The number of aliphatic imine (C=N–C) groups is 1. The maximum Gasteiger partial charge on any atom is 0.213 e. The Morgan fingerprint density at radius 2 is 2.03 bits per heavy atom. The van der Waals surface area contributed by atoms with Crippen molar-refractivity contribution in [2.24, 2.45) is 10.9 Å². The smallest absolute Gasteiger partial charge is 0.213 e. The highest BCUT2D eigenvalue weighted by atomic mass is 127. The number of guanidine groups is 1. The fourth-order valence-corrected chi connectivity index (χ4v) is 3.88. The summed E-state index contributed by atoms with van der Waals surface area (Å²) in [6.45, 7) is 6.20. The van der Waals surface area contributed by atoms with Gasteiger partial charge in [0, 0.05) is 32.2 Å². The summed E-state index contributed by atoms with van der Waals surface area (Å²) in [7, 11) is -1.59. The minimum atomic E-state index is -3.26. The standard InChI is InChI=1S/C20H34N4O3S.HI/c1-4-11-27-19-13-16(2)8-9-18(19)15-23-20(21-3)22-10-12-28(25,26)24-14-17-6-5-7-17;/h8-9,13,17,24H,4-7,10-12,14-15H2,1-3H3,(H2,21,22,23);1H. The number of ether oxygens (including phenoxy) is 1. The van der Waals surface area contributed by atoms with Gasteiger partial charge in [0.15, 0.2) is 5.96 Å². The fourth-order valence-electron chi connectivity index (χ4n) is 2.87. The van der Waals surface area contributed by atoms with Crippen LogP contribution in [0, 0.1) is 12.8 Å². The summed E-state index contributed by atoms with van der Waals surface area (Å²) in [6.07, 6.45) is 4.41. The summed E-state index contributed by atoms with van der Waals surface area (Å²) in [5, 5.41) is 6.28. The maximum absolute atomic E-state index is 12.1. The third-order valence-corrected chi connectivity index (χ3v) is 6.18. The molecule has 0 spiro atoms. The van der Waals surface area contributed by atoms with Crippen LogP contribution in [-0.2, 0) is 16.6 Å². The molecule has 2 rings (SSSR count). The number of hydrogen-bond acceptors (Lipinski definition) is 4. The van der Waals surface area contributed by atoms with Crippen molar-refractivity contribution in [3.05, 3.63) is 29.3 Å². The number of nitrogens with one attached hydrogen (secondary N) is 3. The monoisotopic (exact) mass is 538 g/mol. The van der Waals surface area contributed by atoms with Gasteiger partial charge in [0.2, 0.25) is 10.0 Å². The molecule has 7 nitrogen and oxygen atoms in total. The van der Waals surface area contributed by atoms with E-state index in [4.69, 9.17) is 4.74 Å². The molecule has 1 aliphatic carbocycles. The van der Waals surface area contributed by atoms with Crippen LogP contribution in [-0.4, -0.2) is 46.9 Å². The molecule has 0 radical (unpaired) electrons. The van der Waals surface area contributed by atoms with Crippen LogP contribution in [0.3, 0.4) is 0 Å². The molecular weight excluding hydrogens is 503 g/mol. The van der Waals surface area contributed by atoms with Gasteiger partial charge in [0.25, 0.3) is 0 Å². The molecule has 1 fully saturated rings. The van der Waals surface area contributed by atoms with Crippen LogP contribution in [0.15, 0.2) is 23.2 Å². The number of aryl methyl sites for hydroxylation is 1. The van der Waals surface area contributed by atoms with Crippen LogP contribution in [0.5, 0.6) is 5.75 Å². The van der Waals surface area contributed by atoms with Gasteiger partial charge in [-0.1, -0.05) is 25.5 Å². The first-order chi connectivity index (χ1) is 13.4. The molecule has 3 N–H and O–H groups in total. The highest BCUT2D eigenvalue weighted by molar-refractivity contribution is 14.0. The van der Waals surface area contributed by atoms with E-state index in [1.54, 1.807) is 7.05 Å². The predicted molar refractivity (Wildman–Crippen MR) is 130 cm³/mol. The summed E-state index contributed by atoms with van der Waals surface area (Å²) < 4.78 is 32.7. The van der Waals surface area contributed by atoms with Crippen LogP contribution in [0.2, 0.25) is 0 Å². The molecule has 9 heteroatoms. The number of halogens is 1. The molecule has 166 valence electrons. The molecule has 0 atom stereocenters. The van der Waals surface area contributed by atoms with Crippen LogP contribution >= 0.6 is 24.0 Å². The number of nitrogens with zero attached hydrogens (tertiary/aromatic N) is 1. The van der Waals surface area contributed by atoms with Gasteiger partial charge in [-0.2, -0.15) is 0 Å². The maximum atomic E-state index is 12.1. The quantitative estimate of drug-likeness (QED) is 0.229. The van der Waals surface area contributed by atoms with Crippen LogP contribution in [0.4, 0.5) is 0 Å². The number of rotatable bonds is 11. The topological polar surface area (TPSA) is 91.8 Å². The third kappa shape index (κ3) is 9.52. The molecule has 0 aromatic heterocycles. The molecular formula is C20H35IN4O3S. The lowest BCUT2D eigenvalue weighted by Gasteiger charge is -2.25. The highest BCUT2D eigenvalue weighted by Crippen LogP contribution is 2.25. The lowest BCUT2D eigenvalue weighted by molar-refractivity contribution is 0.313. The Bertz CT molecular complexity index is 752. The summed E-state index contributed by atoms with van der Waals surface area (Å²) in [5.74, 6) is 1.97. The van der Waals surface area contributed by atoms with Crippen molar-refractivity contribution < 1.29 is 13.2 Å². The second-order valence-electron chi connectivity index (χ2n) is 7.28. The molecule has 0 unspecified atom stereocenters. The minimum absolute atomic E-state index is 0. The summed E-state index contributed by atoms with van der Waals surface area (Å²) >= 11 is 0. The van der Waals surface area contributed by atoms with E-state index in [0.29, 0.717) is 38.1 Å². The first kappa shape index (κ1) is 26.0. The second-order valence-corrected chi connectivity index (χ2v) is 9.20. The van der Waals surface area contributed by atoms with Crippen molar-refractivity contribution in [2.45, 2.75) is 46.1 Å². The average Bonchev–Trinajstić information content (AvgIpc) is 2.62. The third-order valence-electron chi connectivity index (χ3n) is 4.83. The Morgan fingerprint density at radius 1 is 1.28 bits per heavy atom. The van der Waals surface area contributed by atoms with Crippen molar-refractivity contribution in [1.29, 1.82) is 0 Å². The Morgan fingerprint density at radius 3 is 2.66 bits per heavy atom. The molecule has 0 saturated heterocycles. The van der Waals surface area contributed by atoms with Gasteiger partial charge in [0.1, 0.15) is 5.75 Å². The number of hydrogen-bond donors (Lipinski definition) is 3. The largest absolute Gasteiger partial charge is 0.493 e. The van der Waals surface area contributed by atoms with Crippen molar-refractivity contribution in [3.8, 4) is 5.75 Å². The van der Waals surface area contributed by atoms with Gasteiger partial charge in [-0.25, -0.2) is 13.1 Å². The summed E-state index contributed by atoms with van der Waals surface area (Å²) in [6, 6.07) is 6.12. The molecule has 1 saturated carbocycles. The minimum Gasteiger partial charge on any atom is -0.493 e. The normalized spacial score (nSPS) is 14.7. The molecule has 0 bridgehead atoms. The van der Waals surface area contributed by atoms with Crippen LogP contribution in [0.1, 0.15) is 43.7 Å². The van der Waals surface area contributed by atoms with Crippen LogP contribution < -0.4 is 20.1 Å². The van der Waals surface area contributed by atoms with E-state index in [0.717, 1.165) is 36.1 Å². The zero-order valence-electron chi connectivity index (χ0n) is 17.7. The molecule has 0 amide bonds. The zero-order valence-corrected chi connectivity index (χ0v) is 20.8. The van der Waals surface area contributed by atoms with E-state index in [1.807, 2.05) is 25.1 Å². The van der Waals surface area contributed by atoms with Crippen molar-refractivity contribution >= 4 is 40.0 Å². The zero-order chi connectivity index (χ0) is 20.4. The SMILES string of the molecule is CCCOc1cc(C)ccc1CNC(=NC)NCCS(=O)(=O)NCC1CCC1.I.